The predicted octanol–water partition coefficient (Wildman–Crippen LogP) is 4.15. The van der Waals surface area contributed by atoms with Crippen LogP contribution in [0.15, 0.2) is 47.8 Å². The zero-order valence-corrected chi connectivity index (χ0v) is 21.0. The molecule has 0 aliphatic rings. The fraction of sp³-hybridized carbons (Fsp3) is 0.280. The van der Waals surface area contributed by atoms with E-state index in [1.54, 1.807) is 56.8 Å². The summed E-state index contributed by atoms with van der Waals surface area (Å²) in [6.45, 7) is 4.07. The van der Waals surface area contributed by atoms with E-state index in [2.05, 4.69) is 15.0 Å². The number of fused-ring (bicyclic) bond motifs is 1. The Bertz CT molecular complexity index is 1480. The minimum Gasteiger partial charge on any atom is -0.497 e. The van der Waals surface area contributed by atoms with E-state index in [4.69, 9.17) is 18.9 Å². The Balaban J connectivity index is 1.53. The van der Waals surface area contributed by atoms with E-state index >= 15 is 0 Å². The van der Waals surface area contributed by atoms with E-state index in [0.717, 1.165) is 22.6 Å². The van der Waals surface area contributed by atoms with Gasteiger partial charge in [0.1, 0.15) is 18.1 Å². The van der Waals surface area contributed by atoms with Crippen molar-refractivity contribution in [3.05, 3.63) is 65.0 Å². The molecular formula is C25H27N3O6S. The number of benzene rings is 2. The maximum Gasteiger partial charge on any atom is 0.226 e. The SMILES string of the molecule is COc1ccc2nc(S(=O)(=O)Cc3ccc(OCc4ncc(C)c(OC)c4C)c(OC)c3)[nH]c2c1. The number of ether oxygens (including phenoxy) is 4. The van der Waals surface area contributed by atoms with Crippen molar-refractivity contribution in [1.29, 1.82) is 0 Å². The summed E-state index contributed by atoms with van der Waals surface area (Å²) < 4.78 is 48.1. The van der Waals surface area contributed by atoms with Gasteiger partial charge in [0.05, 0.1) is 43.8 Å². The number of nitrogens with one attached hydrogen (secondary N) is 1. The molecule has 4 aromatic rings. The number of rotatable bonds is 9. The Morgan fingerprint density at radius 1 is 0.943 bits per heavy atom. The molecule has 0 saturated carbocycles. The zero-order valence-electron chi connectivity index (χ0n) is 20.2. The first-order valence-corrected chi connectivity index (χ1v) is 12.5. The van der Waals surface area contributed by atoms with Crippen molar-refractivity contribution >= 4 is 20.9 Å². The molecule has 0 fully saturated rings. The number of H-pyrrole nitrogens is 1. The van der Waals surface area contributed by atoms with Gasteiger partial charge in [-0.15, -0.1) is 0 Å². The van der Waals surface area contributed by atoms with Crippen molar-refractivity contribution in [3.8, 4) is 23.0 Å². The van der Waals surface area contributed by atoms with Gasteiger partial charge in [-0.1, -0.05) is 6.07 Å². The lowest BCUT2D eigenvalue weighted by Crippen LogP contribution is -2.08. The summed E-state index contributed by atoms with van der Waals surface area (Å²) in [6.07, 6.45) is 1.74. The standard InChI is InChI=1S/C25H27N3O6S/c1-15-12-26-21(16(2)24(15)33-5)13-34-22-9-6-17(10-23(22)32-4)14-35(29,30)25-27-19-8-7-18(31-3)11-20(19)28-25/h6-12H,13-14H2,1-5H3,(H,27,28). The van der Waals surface area contributed by atoms with Crippen LogP contribution in [0.4, 0.5) is 0 Å². The number of aryl methyl sites for hydroxylation is 1. The molecule has 4 rings (SSSR count). The van der Waals surface area contributed by atoms with Gasteiger partial charge in [-0.2, -0.15) is 0 Å². The van der Waals surface area contributed by atoms with Crippen LogP contribution in [0.5, 0.6) is 23.0 Å². The number of pyridine rings is 1. The number of methoxy groups -OCH3 is 3. The lowest BCUT2D eigenvalue weighted by molar-refractivity contribution is 0.279. The van der Waals surface area contributed by atoms with E-state index in [1.165, 1.54) is 7.11 Å². The third-order valence-electron chi connectivity index (χ3n) is 5.66. The smallest absolute Gasteiger partial charge is 0.226 e. The molecule has 184 valence electrons. The highest BCUT2D eigenvalue weighted by atomic mass is 32.2. The molecule has 0 aliphatic carbocycles. The minimum absolute atomic E-state index is 0.102. The van der Waals surface area contributed by atoms with Crippen LogP contribution in [-0.4, -0.2) is 44.7 Å². The van der Waals surface area contributed by atoms with E-state index in [-0.39, 0.29) is 17.5 Å². The molecule has 35 heavy (non-hydrogen) atoms. The van der Waals surface area contributed by atoms with Crippen molar-refractivity contribution in [3.63, 3.8) is 0 Å². The minimum atomic E-state index is -3.73. The number of aromatic amines is 1. The molecule has 0 unspecified atom stereocenters. The van der Waals surface area contributed by atoms with Crippen LogP contribution in [0.2, 0.25) is 0 Å². The molecule has 0 amide bonds. The van der Waals surface area contributed by atoms with Gasteiger partial charge in [0.15, 0.2) is 11.5 Å². The first-order valence-electron chi connectivity index (χ1n) is 10.8. The second kappa shape index (κ2) is 9.83. The van der Waals surface area contributed by atoms with Gasteiger partial charge >= 0.3 is 0 Å². The summed E-state index contributed by atoms with van der Waals surface area (Å²) in [5.74, 6) is 2.03. The highest BCUT2D eigenvalue weighted by Gasteiger charge is 2.21. The van der Waals surface area contributed by atoms with E-state index in [1.807, 2.05) is 13.8 Å². The molecule has 9 nitrogen and oxygen atoms in total. The van der Waals surface area contributed by atoms with E-state index in [9.17, 15) is 8.42 Å². The Morgan fingerprint density at radius 2 is 1.74 bits per heavy atom. The average Bonchev–Trinajstić information content (AvgIpc) is 3.28. The van der Waals surface area contributed by atoms with Gasteiger partial charge in [-0.05, 0) is 43.7 Å². The van der Waals surface area contributed by atoms with Crippen molar-refractivity contribution in [2.75, 3.05) is 21.3 Å². The quantitative estimate of drug-likeness (QED) is 0.367. The van der Waals surface area contributed by atoms with Gasteiger partial charge < -0.3 is 23.9 Å². The molecule has 2 aromatic heterocycles. The van der Waals surface area contributed by atoms with Gasteiger partial charge in [0.25, 0.3) is 0 Å². The molecule has 0 bridgehead atoms. The Labute approximate surface area is 204 Å². The maximum absolute atomic E-state index is 13.0. The van der Waals surface area contributed by atoms with Crippen LogP contribution in [-0.2, 0) is 22.2 Å². The molecule has 0 aliphatic heterocycles. The summed E-state index contributed by atoms with van der Waals surface area (Å²) in [5, 5.41) is -0.102. The number of hydrogen-bond donors (Lipinski definition) is 1. The maximum atomic E-state index is 13.0. The summed E-state index contributed by atoms with van der Waals surface area (Å²) in [4.78, 5) is 11.6. The molecular weight excluding hydrogens is 470 g/mol. The van der Waals surface area contributed by atoms with Gasteiger partial charge in [-0.25, -0.2) is 13.4 Å². The van der Waals surface area contributed by atoms with Crippen molar-refractivity contribution in [2.24, 2.45) is 0 Å². The highest BCUT2D eigenvalue weighted by Crippen LogP contribution is 2.31. The van der Waals surface area contributed by atoms with Gasteiger partial charge in [-0.3, -0.25) is 4.98 Å². The fourth-order valence-corrected chi connectivity index (χ4v) is 5.07. The van der Waals surface area contributed by atoms with Gasteiger partial charge in [0.2, 0.25) is 15.0 Å². The molecule has 0 spiro atoms. The van der Waals surface area contributed by atoms with Gasteiger partial charge in [0, 0.05) is 23.4 Å². The first kappa shape index (κ1) is 24.3. The number of imidazole rings is 1. The normalized spacial score (nSPS) is 11.5. The zero-order chi connectivity index (χ0) is 25.2. The Kier molecular flexibility index (Phi) is 6.83. The number of nitrogens with zero attached hydrogens (tertiary/aromatic N) is 2. The first-order chi connectivity index (χ1) is 16.7. The molecule has 0 radical (unpaired) electrons. The van der Waals surface area contributed by atoms with E-state index < -0.39 is 9.84 Å². The van der Waals surface area contributed by atoms with Crippen molar-refractivity contribution in [2.45, 2.75) is 31.4 Å². The topological polar surface area (TPSA) is 113 Å². The fourth-order valence-electron chi connectivity index (χ4n) is 3.81. The molecule has 0 atom stereocenters. The second-order valence-electron chi connectivity index (χ2n) is 8.00. The van der Waals surface area contributed by atoms with Crippen LogP contribution in [0.25, 0.3) is 11.0 Å². The molecule has 2 aromatic carbocycles. The Morgan fingerprint density at radius 3 is 2.46 bits per heavy atom. The summed E-state index contributed by atoms with van der Waals surface area (Å²) in [6, 6.07) is 10.2. The third-order valence-corrected chi connectivity index (χ3v) is 7.16. The lowest BCUT2D eigenvalue weighted by atomic mass is 10.1. The number of aromatic nitrogens is 3. The Hall–Kier alpha value is -3.79. The lowest BCUT2D eigenvalue weighted by Gasteiger charge is -2.15. The second-order valence-corrected chi connectivity index (χ2v) is 9.91. The van der Waals surface area contributed by atoms with Crippen molar-refractivity contribution < 1.29 is 27.4 Å². The highest BCUT2D eigenvalue weighted by molar-refractivity contribution is 7.90. The average molecular weight is 498 g/mol. The van der Waals surface area contributed by atoms with Crippen LogP contribution in [0.1, 0.15) is 22.4 Å². The third kappa shape index (κ3) is 5.02. The molecule has 10 heteroatoms. The molecule has 0 saturated heterocycles. The van der Waals surface area contributed by atoms with Crippen LogP contribution in [0.3, 0.4) is 0 Å². The van der Waals surface area contributed by atoms with E-state index in [0.29, 0.717) is 33.8 Å². The number of sulfone groups is 1. The monoisotopic (exact) mass is 497 g/mol. The van der Waals surface area contributed by atoms with Crippen LogP contribution >= 0.6 is 0 Å². The summed E-state index contributed by atoms with van der Waals surface area (Å²) in [7, 11) is 0.942. The van der Waals surface area contributed by atoms with Crippen LogP contribution < -0.4 is 18.9 Å². The van der Waals surface area contributed by atoms with Crippen LogP contribution in [0, 0.1) is 13.8 Å². The predicted molar refractivity (Wildman–Crippen MR) is 131 cm³/mol. The number of hydrogen-bond acceptors (Lipinski definition) is 8. The molecule has 2 heterocycles. The summed E-state index contributed by atoms with van der Waals surface area (Å²) in [5.41, 5.74) is 4.25. The molecule has 1 N–H and O–H groups in total. The van der Waals surface area contributed by atoms with Crippen molar-refractivity contribution in [1.82, 2.24) is 15.0 Å². The largest absolute Gasteiger partial charge is 0.497 e. The summed E-state index contributed by atoms with van der Waals surface area (Å²) >= 11 is 0.